The fourth-order valence-corrected chi connectivity index (χ4v) is 3.65. The standard InChI is InChI=1S/C26H22N6O3/c1-18-13-22(15-29-30-26-12-9-24(16-28-26)32(33)34)19(2)31(18)23-7-10-25(11-8-23)35-17-21-6-4-3-5-20(21)14-27/h3-13,15-16H,17H2,1-2H3,(H,28,30). The van der Waals surface area contributed by atoms with Crippen LogP contribution in [0.1, 0.15) is 28.1 Å². The largest absolute Gasteiger partial charge is 0.489 e. The second-order valence-corrected chi connectivity index (χ2v) is 7.74. The molecule has 2 aromatic carbocycles. The lowest BCUT2D eigenvalue weighted by Crippen LogP contribution is -2.01. The molecular formula is C26H22N6O3. The topological polar surface area (TPSA) is 118 Å². The molecule has 1 N–H and O–H groups in total. The average Bonchev–Trinajstić information content (AvgIpc) is 3.16. The van der Waals surface area contributed by atoms with Gasteiger partial charge in [0.1, 0.15) is 24.4 Å². The van der Waals surface area contributed by atoms with E-state index in [2.05, 4.69) is 26.1 Å². The van der Waals surface area contributed by atoms with Crippen molar-refractivity contribution in [3.8, 4) is 17.5 Å². The van der Waals surface area contributed by atoms with Crippen LogP contribution in [-0.2, 0) is 6.61 Å². The van der Waals surface area contributed by atoms with E-state index in [1.54, 1.807) is 12.3 Å². The third-order valence-corrected chi connectivity index (χ3v) is 5.44. The van der Waals surface area contributed by atoms with Crippen molar-refractivity contribution in [3.63, 3.8) is 0 Å². The minimum atomic E-state index is -0.499. The number of nitriles is 1. The summed E-state index contributed by atoms with van der Waals surface area (Å²) >= 11 is 0. The summed E-state index contributed by atoms with van der Waals surface area (Å²) in [5.74, 6) is 1.12. The summed E-state index contributed by atoms with van der Waals surface area (Å²) in [5, 5.41) is 24.2. The van der Waals surface area contributed by atoms with Gasteiger partial charge in [0.25, 0.3) is 5.69 Å². The first-order chi connectivity index (χ1) is 17.0. The predicted molar refractivity (Wildman–Crippen MR) is 133 cm³/mol. The Morgan fingerprint density at radius 3 is 2.63 bits per heavy atom. The Kier molecular flexibility index (Phi) is 6.83. The third-order valence-electron chi connectivity index (χ3n) is 5.44. The van der Waals surface area contributed by atoms with E-state index in [1.807, 2.05) is 62.4 Å². The van der Waals surface area contributed by atoms with Crippen molar-refractivity contribution in [1.82, 2.24) is 9.55 Å². The Hall–Kier alpha value is -4.97. The average molecular weight is 467 g/mol. The van der Waals surface area contributed by atoms with E-state index in [-0.39, 0.29) is 5.69 Å². The first-order valence-electron chi connectivity index (χ1n) is 10.8. The molecule has 0 radical (unpaired) electrons. The molecule has 0 unspecified atom stereocenters. The Morgan fingerprint density at radius 2 is 1.94 bits per heavy atom. The molecule has 0 fully saturated rings. The van der Waals surface area contributed by atoms with Gasteiger partial charge in [0.05, 0.1) is 22.8 Å². The number of anilines is 1. The van der Waals surface area contributed by atoms with Crippen LogP contribution in [0.2, 0.25) is 0 Å². The number of aromatic nitrogens is 2. The second-order valence-electron chi connectivity index (χ2n) is 7.74. The first kappa shape index (κ1) is 23.2. The zero-order valence-corrected chi connectivity index (χ0v) is 19.2. The maximum atomic E-state index is 10.7. The number of nitrogens with zero attached hydrogens (tertiary/aromatic N) is 5. The molecular weight excluding hydrogens is 444 g/mol. The molecule has 0 aliphatic carbocycles. The van der Waals surface area contributed by atoms with Crippen molar-refractivity contribution < 1.29 is 9.66 Å². The third kappa shape index (κ3) is 5.34. The van der Waals surface area contributed by atoms with Crippen molar-refractivity contribution in [2.45, 2.75) is 20.5 Å². The lowest BCUT2D eigenvalue weighted by atomic mass is 10.1. The monoisotopic (exact) mass is 466 g/mol. The van der Waals surface area contributed by atoms with Gasteiger partial charge in [-0.05, 0) is 56.3 Å². The molecule has 174 valence electrons. The van der Waals surface area contributed by atoms with Crippen molar-refractivity contribution in [2.75, 3.05) is 5.43 Å². The maximum Gasteiger partial charge on any atom is 0.287 e. The van der Waals surface area contributed by atoms with Crippen LogP contribution in [0.3, 0.4) is 0 Å². The van der Waals surface area contributed by atoms with E-state index < -0.39 is 4.92 Å². The number of pyridine rings is 1. The van der Waals surface area contributed by atoms with E-state index in [9.17, 15) is 15.4 Å². The number of nitrogens with one attached hydrogen (secondary N) is 1. The molecule has 0 aliphatic heterocycles. The summed E-state index contributed by atoms with van der Waals surface area (Å²) in [6.45, 7) is 4.34. The smallest absolute Gasteiger partial charge is 0.287 e. The molecule has 2 heterocycles. The summed E-state index contributed by atoms with van der Waals surface area (Å²) in [5.41, 5.74) is 8.10. The summed E-state index contributed by atoms with van der Waals surface area (Å²) in [4.78, 5) is 14.2. The zero-order chi connectivity index (χ0) is 24.8. The number of aryl methyl sites for hydroxylation is 1. The van der Waals surface area contributed by atoms with Gasteiger partial charge in [-0.25, -0.2) is 4.98 Å². The SMILES string of the molecule is Cc1cc(C=NNc2ccc([N+](=O)[O-])cn2)c(C)n1-c1ccc(OCc2ccccc2C#N)cc1. The first-order valence-corrected chi connectivity index (χ1v) is 10.8. The minimum Gasteiger partial charge on any atom is -0.489 e. The van der Waals surface area contributed by atoms with Crippen LogP contribution < -0.4 is 10.2 Å². The molecule has 0 spiro atoms. The van der Waals surface area contributed by atoms with Crippen molar-refractivity contribution in [3.05, 3.63) is 111 Å². The van der Waals surface area contributed by atoms with Gasteiger partial charge in [-0.15, -0.1) is 0 Å². The highest BCUT2D eigenvalue weighted by Crippen LogP contribution is 2.23. The summed E-state index contributed by atoms with van der Waals surface area (Å²) in [6.07, 6.45) is 2.87. The fraction of sp³-hybridized carbons (Fsp3) is 0.115. The quantitative estimate of drug-likeness (QED) is 0.214. The van der Waals surface area contributed by atoms with Gasteiger partial charge in [-0.1, -0.05) is 18.2 Å². The van der Waals surface area contributed by atoms with Crippen molar-refractivity contribution in [1.29, 1.82) is 5.26 Å². The van der Waals surface area contributed by atoms with Crippen LogP contribution in [0, 0.1) is 35.3 Å². The number of rotatable bonds is 8. The minimum absolute atomic E-state index is 0.0773. The summed E-state index contributed by atoms with van der Waals surface area (Å²) in [6, 6.07) is 22.2. The van der Waals surface area contributed by atoms with E-state index in [1.165, 1.54) is 18.3 Å². The molecule has 0 bridgehead atoms. The van der Waals surface area contributed by atoms with Gasteiger partial charge >= 0.3 is 0 Å². The van der Waals surface area contributed by atoms with Gasteiger partial charge in [0.15, 0.2) is 0 Å². The molecule has 4 rings (SSSR count). The lowest BCUT2D eigenvalue weighted by Gasteiger charge is -2.12. The van der Waals surface area contributed by atoms with E-state index in [0.717, 1.165) is 28.2 Å². The highest BCUT2D eigenvalue weighted by molar-refractivity contribution is 5.82. The van der Waals surface area contributed by atoms with Gasteiger partial charge in [0.2, 0.25) is 0 Å². The molecule has 9 heteroatoms. The fourth-order valence-electron chi connectivity index (χ4n) is 3.65. The Labute approximate surface area is 202 Å². The normalized spacial score (nSPS) is 10.8. The number of benzene rings is 2. The Morgan fingerprint density at radius 1 is 1.17 bits per heavy atom. The number of ether oxygens (including phenoxy) is 1. The van der Waals surface area contributed by atoms with E-state index >= 15 is 0 Å². The van der Waals surface area contributed by atoms with Crippen LogP contribution in [0.15, 0.2) is 78.0 Å². The molecule has 0 atom stereocenters. The van der Waals surface area contributed by atoms with Gasteiger partial charge in [-0.2, -0.15) is 10.4 Å². The van der Waals surface area contributed by atoms with Crippen LogP contribution in [0.5, 0.6) is 5.75 Å². The molecule has 0 aliphatic rings. The van der Waals surface area contributed by atoms with Crippen LogP contribution in [-0.4, -0.2) is 20.7 Å². The molecule has 0 amide bonds. The van der Waals surface area contributed by atoms with Crippen LogP contribution in [0.4, 0.5) is 11.5 Å². The lowest BCUT2D eigenvalue weighted by molar-refractivity contribution is -0.385. The Balaban J connectivity index is 1.44. The Bertz CT molecular complexity index is 1420. The maximum absolute atomic E-state index is 10.7. The number of nitro groups is 1. The van der Waals surface area contributed by atoms with Crippen LogP contribution in [0.25, 0.3) is 5.69 Å². The predicted octanol–water partition coefficient (Wildman–Crippen LogP) is 5.29. The molecule has 0 saturated carbocycles. The van der Waals surface area contributed by atoms with Crippen LogP contribution >= 0.6 is 0 Å². The van der Waals surface area contributed by atoms with E-state index in [0.29, 0.717) is 23.7 Å². The molecule has 4 aromatic rings. The van der Waals surface area contributed by atoms with Crippen molar-refractivity contribution >= 4 is 17.7 Å². The summed E-state index contributed by atoms with van der Waals surface area (Å²) < 4.78 is 7.99. The number of hydrogen-bond acceptors (Lipinski definition) is 7. The molecule has 9 nitrogen and oxygen atoms in total. The van der Waals surface area contributed by atoms with Crippen molar-refractivity contribution in [2.24, 2.45) is 5.10 Å². The molecule has 35 heavy (non-hydrogen) atoms. The zero-order valence-electron chi connectivity index (χ0n) is 19.2. The molecule has 0 saturated heterocycles. The summed E-state index contributed by atoms with van der Waals surface area (Å²) in [7, 11) is 0. The highest BCUT2D eigenvalue weighted by atomic mass is 16.6. The van der Waals surface area contributed by atoms with Gasteiger partial charge in [-0.3, -0.25) is 15.5 Å². The highest BCUT2D eigenvalue weighted by Gasteiger charge is 2.10. The van der Waals surface area contributed by atoms with Gasteiger partial charge < -0.3 is 9.30 Å². The number of hydrogen-bond donors (Lipinski definition) is 1. The van der Waals surface area contributed by atoms with E-state index in [4.69, 9.17) is 4.74 Å². The second kappa shape index (κ2) is 10.3. The molecule has 2 aromatic heterocycles. The van der Waals surface area contributed by atoms with Gasteiger partial charge in [0, 0.05) is 34.3 Å². The number of hydrazone groups is 1.